The van der Waals surface area contributed by atoms with Gasteiger partial charge in [0.05, 0.1) is 12.5 Å². The van der Waals surface area contributed by atoms with Crippen molar-refractivity contribution in [2.45, 2.75) is 38.8 Å². The lowest BCUT2D eigenvalue weighted by Crippen LogP contribution is -2.45. The van der Waals surface area contributed by atoms with E-state index in [0.29, 0.717) is 0 Å². The van der Waals surface area contributed by atoms with Gasteiger partial charge in [-0.15, -0.1) is 0 Å². The normalized spacial score (nSPS) is 19.4. The van der Waals surface area contributed by atoms with Crippen LogP contribution in [0.15, 0.2) is 30.3 Å². The first-order valence-corrected chi connectivity index (χ1v) is 6.57. The highest BCUT2D eigenvalue weighted by Gasteiger charge is 2.35. The fourth-order valence-electron chi connectivity index (χ4n) is 2.03. The van der Waals surface area contributed by atoms with Crippen LogP contribution in [-0.2, 0) is 14.3 Å². The molecule has 1 heterocycles. The van der Waals surface area contributed by atoms with Gasteiger partial charge in [-0.05, 0) is 26.3 Å². The van der Waals surface area contributed by atoms with Gasteiger partial charge in [-0.3, -0.25) is 9.69 Å². The van der Waals surface area contributed by atoms with Crippen LogP contribution in [0, 0.1) is 0 Å². The van der Waals surface area contributed by atoms with Crippen molar-refractivity contribution in [3.8, 4) is 0 Å². The van der Waals surface area contributed by atoms with Crippen LogP contribution in [0.5, 0.6) is 0 Å². The summed E-state index contributed by atoms with van der Waals surface area (Å²) in [5.41, 5.74) is 0.315. The minimum absolute atomic E-state index is 0.0761. The Hall–Kier alpha value is -2.04. The number of hydrogen-bond donors (Lipinski definition) is 0. The molecule has 1 aromatic carbocycles. The smallest absolute Gasteiger partial charge is 0.413 e. The number of rotatable bonds is 1. The lowest BCUT2D eigenvalue weighted by Gasteiger charge is -2.35. The summed E-state index contributed by atoms with van der Waals surface area (Å²) in [4.78, 5) is 25.2. The zero-order chi connectivity index (χ0) is 14.8. The molecular weight excluding hydrogens is 258 g/mol. The Bertz CT molecular complexity index is 492. The van der Waals surface area contributed by atoms with Gasteiger partial charge in [-0.1, -0.05) is 30.3 Å². The molecule has 5 heteroatoms. The number of cyclic esters (lactones) is 1. The van der Waals surface area contributed by atoms with Gasteiger partial charge >= 0.3 is 12.1 Å². The van der Waals surface area contributed by atoms with E-state index in [2.05, 4.69) is 0 Å². The van der Waals surface area contributed by atoms with Crippen LogP contribution in [0.4, 0.5) is 4.79 Å². The van der Waals surface area contributed by atoms with Crippen molar-refractivity contribution in [3.05, 3.63) is 35.9 Å². The summed E-state index contributed by atoms with van der Waals surface area (Å²) in [7, 11) is 0. The average molecular weight is 277 g/mol. The van der Waals surface area contributed by atoms with Gasteiger partial charge in [-0.25, -0.2) is 4.79 Å². The number of benzene rings is 1. The zero-order valence-corrected chi connectivity index (χ0v) is 12.0. The molecule has 0 aromatic heterocycles. The van der Waals surface area contributed by atoms with E-state index in [1.54, 1.807) is 20.8 Å². The Morgan fingerprint density at radius 1 is 1.30 bits per heavy atom. The lowest BCUT2D eigenvalue weighted by molar-refractivity contribution is -0.158. The number of nitrogens with zero attached hydrogens (tertiary/aromatic N) is 1. The van der Waals surface area contributed by atoms with Crippen LogP contribution in [0.25, 0.3) is 0 Å². The maximum absolute atomic E-state index is 12.2. The first kappa shape index (κ1) is 14.4. The molecule has 0 spiro atoms. The Morgan fingerprint density at radius 3 is 2.55 bits per heavy atom. The van der Waals surface area contributed by atoms with Crippen LogP contribution >= 0.6 is 0 Å². The van der Waals surface area contributed by atoms with Gasteiger partial charge in [0, 0.05) is 0 Å². The van der Waals surface area contributed by atoms with Crippen molar-refractivity contribution in [2.75, 3.05) is 6.73 Å². The predicted octanol–water partition coefficient (Wildman–Crippen LogP) is 2.87. The molecule has 1 fully saturated rings. The fourth-order valence-corrected chi connectivity index (χ4v) is 2.03. The predicted molar refractivity (Wildman–Crippen MR) is 72.8 cm³/mol. The Kier molecular flexibility index (Phi) is 3.97. The molecule has 0 N–H and O–H groups in total. The molecular formula is C15H19NO4. The second-order valence-electron chi connectivity index (χ2n) is 5.73. The van der Waals surface area contributed by atoms with Crippen LogP contribution < -0.4 is 0 Å². The van der Waals surface area contributed by atoms with E-state index in [-0.39, 0.29) is 25.2 Å². The van der Waals surface area contributed by atoms with E-state index in [9.17, 15) is 9.59 Å². The van der Waals surface area contributed by atoms with Gasteiger partial charge in [0.1, 0.15) is 5.60 Å². The first-order valence-electron chi connectivity index (χ1n) is 6.57. The summed E-state index contributed by atoms with van der Waals surface area (Å²) in [5, 5.41) is 0. The van der Waals surface area contributed by atoms with Gasteiger partial charge < -0.3 is 9.47 Å². The van der Waals surface area contributed by atoms with Crippen molar-refractivity contribution in [1.82, 2.24) is 4.90 Å². The standard InChI is InChI=1S/C15H19NO4/c1-15(2,3)20-14(18)16-10-19-13(17)9-12(16)11-7-5-4-6-8-11/h4-8,12H,9-10H2,1-3H3/t12-/m1/s1. The van der Waals surface area contributed by atoms with E-state index < -0.39 is 11.7 Å². The molecule has 108 valence electrons. The highest BCUT2D eigenvalue weighted by Crippen LogP contribution is 2.29. The average Bonchev–Trinajstić information content (AvgIpc) is 2.37. The molecule has 20 heavy (non-hydrogen) atoms. The molecule has 0 radical (unpaired) electrons. The zero-order valence-electron chi connectivity index (χ0n) is 12.0. The monoisotopic (exact) mass is 277 g/mol. The molecule has 5 nitrogen and oxygen atoms in total. The highest BCUT2D eigenvalue weighted by molar-refractivity contribution is 5.75. The summed E-state index contributed by atoms with van der Waals surface area (Å²) in [5.74, 6) is -0.307. The Balaban J connectivity index is 2.21. The number of carbonyl (C=O) groups excluding carboxylic acids is 2. The van der Waals surface area contributed by atoms with E-state index >= 15 is 0 Å². The Labute approximate surface area is 118 Å². The number of amides is 1. The molecule has 0 saturated carbocycles. The van der Waals surface area contributed by atoms with E-state index in [1.165, 1.54) is 4.90 Å². The minimum atomic E-state index is -0.584. The Morgan fingerprint density at radius 2 is 1.95 bits per heavy atom. The van der Waals surface area contributed by atoms with Crippen molar-refractivity contribution in [2.24, 2.45) is 0 Å². The molecule has 1 aliphatic heterocycles. The summed E-state index contributed by atoms with van der Waals surface area (Å²) >= 11 is 0. The van der Waals surface area contributed by atoms with Crippen LogP contribution in [0.1, 0.15) is 38.8 Å². The molecule has 0 unspecified atom stereocenters. The molecule has 0 bridgehead atoms. The summed E-state index contributed by atoms with van der Waals surface area (Å²) in [6.07, 6.45) is -0.331. The van der Waals surface area contributed by atoms with E-state index in [0.717, 1.165) is 5.56 Å². The van der Waals surface area contributed by atoms with Gasteiger partial charge in [-0.2, -0.15) is 0 Å². The minimum Gasteiger partial charge on any atom is -0.444 e. The van der Waals surface area contributed by atoms with Crippen molar-refractivity contribution < 1.29 is 19.1 Å². The molecule has 1 saturated heterocycles. The highest BCUT2D eigenvalue weighted by atomic mass is 16.6. The third-order valence-electron chi connectivity index (χ3n) is 2.91. The van der Waals surface area contributed by atoms with Crippen molar-refractivity contribution in [3.63, 3.8) is 0 Å². The SMILES string of the molecule is CC(C)(C)OC(=O)N1COC(=O)C[C@@H]1c1ccccc1. The van der Waals surface area contributed by atoms with Gasteiger partial charge in [0.2, 0.25) is 0 Å². The molecule has 1 amide bonds. The molecule has 1 aromatic rings. The largest absolute Gasteiger partial charge is 0.444 e. The third-order valence-corrected chi connectivity index (χ3v) is 2.91. The molecule has 1 atom stereocenters. The molecule has 1 aliphatic rings. The quantitative estimate of drug-likeness (QED) is 0.741. The topological polar surface area (TPSA) is 55.8 Å². The maximum atomic E-state index is 12.2. The van der Waals surface area contributed by atoms with Gasteiger partial charge in [0.25, 0.3) is 0 Å². The fraction of sp³-hybridized carbons (Fsp3) is 0.467. The number of hydrogen-bond acceptors (Lipinski definition) is 4. The van der Waals surface area contributed by atoms with Crippen LogP contribution in [0.3, 0.4) is 0 Å². The van der Waals surface area contributed by atoms with Crippen molar-refractivity contribution >= 4 is 12.1 Å². The third kappa shape index (κ3) is 3.50. The number of esters is 1. The molecule has 0 aliphatic carbocycles. The van der Waals surface area contributed by atoms with Crippen LogP contribution in [-0.4, -0.2) is 29.3 Å². The summed E-state index contributed by atoms with van der Waals surface area (Å²) < 4.78 is 10.3. The summed E-state index contributed by atoms with van der Waals surface area (Å²) in [6.45, 7) is 5.34. The van der Waals surface area contributed by atoms with Gasteiger partial charge in [0.15, 0.2) is 6.73 Å². The first-order chi connectivity index (χ1) is 9.37. The molecule has 2 rings (SSSR count). The second-order valence-corrected chi connectivity index (χ2v) is 5.73. The number of ether oxygens (including phenoxy) is 2. The lowest BCUT2D eigenvalue weighted by atomic mass is 10.0. The summed E-state index contributed by atoms with van der Waals surface area (Å²) in [6, 6.07) is 9.08. The number of carbonyl (C=O) groups is 2. The van der Waals surface area contributed by atoms with Crippen molar-refractivity contribution in [1.29, 1.82) is 0 Å². The van der Waals surface area contributed by atoms with Crippen LogP contribution in [0.2, 0.25) is 0 Å². The van der Waals surface area contributed by atoms with E-state index in [1.807, 2.05) is 30.3 Å². The second kappa shape index (κ2) is 5.53. The van der Waals surface area contributed by atoms with E-state index in [4.69, 9.17) is 9.47 Å². The maximum Gasteiger partial charge on any atom is 0.413 e.